The molecule has 0 radical (unpaired) electrons. The second-order valence-electron chi connectivity index (χ2n) is 3.63. The Hall–Kier alpha value is -0.610. The molecule has 2 atom stereocenters. The summed E-state index contributed by atoms with van der Waals surface area (Å²) in [6.45, 7) is 1.30. The third kappa shape index (κ3) is 2.97. The maximum Gasteiger partial charge on any atom is 0.224 e. The summed E-state index contributed by atoms with van der Waals surface area (Å²) in [4.78, 5) is 11.5. The number of nitrogens with two attached hydrogens (primary N) is 2. The van der Waals surface area contributed by atoms with E-state index in [4.69, 9.17) is 11.5 Å². The van der Waals surface area contributed by atoms with Gasteiger partial charge in [0, 0.05) is 12.6 Å². The van der Waals surface area contributed by atoms with Crippen molar-refractivity contribution in [1.82, 2.24) is 5.32 Å². The van der Waals surface area contributed by atoms with E-state index in [-0.39, 0.29) is 17.9 Å². The van der Waals surface area contributed by atoms with Gasteiger partial charge in [-0.2, -0.15) is 0 Å². The maximum atomic E-state index is 11.5. The molecule has 4 nitrogen and oxygen atoms in total. The van der Waals surface area contributed by atoms with Crippen LogP contribution in [0.1, 0.15) is 25.7 Å². The second kappa shape index (κ2) is 5.19. The molecule has 5 N–H and O–H groups in total. The number of carbonyl (C=O) groups excluding carboxylic acids is 1. The average Bonchev–Trinajstić information content (AvgIpc) is 2.52. The Balaban J connectivity index is 2.22. The molecule has 0 aromatic heterocycles. The Kier molecular flexibility index (Phi) is 4.18. The average molecular weight is 185 g/mol. The summed E-state index contributed by atoms with van der Waals surface area (Å²) in [5.41, 5.74) is 11.1. The summed E-state index contributed by atoms with van der Waals surface area (Å²) in [5, 5.41) is 2.86. The molecule has 1 fully saturated rings. The lowest BCUT2D eigenvalue weighted by molar-refractivity contribution is -0.125. The number of hydrogen-bond acceptors (Lipinski definition) is 3. The molecule has 13 heavy (non-hydrogen) atoms. The van der Waals surface area contributed by atoms with Crippen molar-refractivity contribution in [3.63, 3.8) is 0 Å². The Labute approximate surface area is 79.0 Å². The number of hydrogen-bond donors (Lipinski definition) is 3. The third-order valence-electron chi connectivity index (χ3n) is 2.59. The number of rotatable bonds is 4. The first-order valence-corrected chi connectivity index (χ1v) is 4.99. The molecule has 0 aliphatic heterocycles. The van der Waals surface area contributed by atoms with Crippen LogP contribution in [0.2, 0.25) is 0 Å². The van der Waals surface area contributed by atoms with E-state index in [1.54, 1.807) is 0 Å². The van der Waals surface area contributed by atoms with E-state index >= 15 is 0 Å². The van der Waals surface area contributed by atoms with Gasteiger partial charge < -0.3 is 16.8 Å². The van der Waals surface area contributed by atoms with Gasteiger partial charge in [0.15, 0.2) is 0 Å². The standard InChI is InChI=1S/C9H19N3O/c10-5-2-6-12-9(13)7-3-1-4-8(7)11/h7-8H,1-6,10-11H2,(H,12,13). The van der Waals surface area contributed by atoms with Gasteiger partial charge in [0.2, 0.25) is 5.91 Å². The minimum atomic E-state index is 0.0396. The van der Waals surface area contributed by atoms with Crippen molar-refractivity contribution in [1.29, 1.82) is 0 Å². The van der Waals surface area contributed by atoms with Gasteiger partial charge in [0.05, 0.1) is 5.92 Å². The van der Waals surface area contributed by atoms with Gasteiger partial charge in [-0.1, -0.05) is 6.42 Å². The van der Waals surface area contributed by atoms with E-state index in [9.17, 15) is 4.79 Å². The Morgan fingerprint density at radius 3 is 2.77 bits per heavy atom. The highest BCUT2D eigenvalue weighted by Gasteiger charge is 2.29. The summed E-state index contributed by atoms with van der Waals surface area (Å²) < 4.78 is 0. The van der Waals surface area contributed by atoms with E-state index in [0.29, 0.717) is 13.1 Å². The monoisotopic (exact) mass is 185 g/mol. The number of carbonyl (C=O) groups is 1. The lowest BCUT2D eigenvalue weighted by Gasteiger charge is -2.14. The van der Waals surface area contributed by atoms with Crippen molar-refractivity contribution < 1.29 is 4.79 Å². The van der Waals surface area contributed by atoms with Crippen LogP contribution in [0.25, 0.3) is 0 Å². The molecular weight excluding hydrogens is 166 g/mol. The van der Waals surface area contributed by atoms with Gasteiger partial charge in [-0.05, 0) is 25.8 Å². The zero-order chi connectivity index (χ0) is 9.68. The Morgan fingerprint density at radius 2 is 2.23 bits per heavy atom. The largest absolute Gasteiger partial charge is 0.356 e. The first kappa shape index (κ1) is 10.5. The van der Waals surface area contributed by atoms with E-state index in [1.165, 1.54) is 0 Å². The predicted molar refractivity (Wildman–Crippen MR) is 52.0 cm³/mol. The zero-order valence-corrected chi connectivity index (χ0v) is 7.96. The molecular formula is C9H19N3O. The lowest BCUT2D eigenvalue weighted by atomic mass is 10.0. The van der Waals surface area contributed by atoms with Crippen LogP contribution in [0.5, 0.6) is 0 Å². The van der Waals surface area contributed by atoms with E-state index < -0.39 is 0 Å². The summed E-state index contributed by atoms with van der Waals surface area (Å²) in [5.74, 6) is 0.149. The summed E-state index contributed by atoms with van der Waals surface area (Å²) in [7, 11) is 0. The minimum Gasteiger partial charge on any atom is -0.356 e. The molecule has 0 bridgehead atoms. The van der Waals surface area contributed by atoms with Gasteiger partial charge >= 0.3 is 0 Å². The Morgan fingerprint density at radius 1 is 1.46 bits per heavy atom. The van der Waals surface area contributed by atoms with Crippen LogP contribution in [0, 0.1) is 5.92 Å². The summed E-state index contributed by atoms with van der Waals surface area (Å²) >= 11 is 0. The highest BCUT2D eigenvalue weighted by Crippen LogP contribution is 2.23. The highest BCUT2D eigenvalue weighted by molar-refractivity contribution is 5.79. The number of amides is 1. The molecule has 1 amide bonds. The van der Waals surface area contributed by atoms with Crippen molar-refractivity contribution in [2.45, 2.75) is 31.7 Å². The molecule has 1 saturated carbocycles. The summed E-state index contributed by atoms with van der Waals surface area (Å²) in [6.07, 6.45) is 3.84. The van der Waals surface area contributed by atoms with Gasteiger partial charge in [-0.25, -0.2) is 0 Å². The van der Waals surface area contributed by atoms with Crippen LogP contribution in [0.15, 0.2) is 0 Å². The Bertz CT molecular complexity index is 172. The van der Waals surface area contributed by atoms with Crippen LogP contribution in [0.4, 0.5) is 0 Å². The topological polar surface area (TPSA) is 81.1 Å². The zero-order valence-electron chi connectivity index (χ0n) is 7.96. The molecule has 76 valence electrons. The lowest BCUT2D eigenvalue weighted by Crippen LogP contribution is -2.39. The van der Waals surface area contributed by atoms with Crippen molar-refractivity contribution in [2.24, 2.45) is 17.4 Å². The van der Waals surface area contributed by atoms with Gasteiger partial charge in [-0.15, -0.1) is 0 Å². The van der Waals surface area contributed by atoms with Crippen LogP contribution < -0.4 is 16.8 Å². The quantitative estimate of drug-likeness (QED) is 0.520. The molecule has 0 saturated heterocycles. The minimum absolute atomic E-state index is 0.0396. The molecule has 0 spiro atoms. The van der Waals surface area contributed by atoms with Crippen molar-refractivity contribution >= 4 is 5.91 Å². The van der Waals surface area contributed by atoms with E-state index in [0.717, 1.165) is 25.7 Å². The SMILES string of the molecule is NCCCNC(=O)C1CCCC1N. The molecule has 4 heteroatoms. The number of nitrogens with one attached hydrogen (secondary N) is 1. The molecule has 2 unspecified atom stereocenters. The predicted octanol–water partition coefficient (Wildman–Crippen LogP) is -0.421. The fraction of sp³-hybridized carbons (Fsp3) is 0.889. The first-order chi connectivity index (χ1) is 6.25. The molecule has 1 rings (SSSR count). The fourth-order valence-electron chi connectivity index (χ4n) is 1.76. The van der Waals surface area contributed by atoms with Gasteiger partial charge in [-0.3, -0.25) is 4.79 Å². The van der Waals surface area contributed by atoms with Crippen LogP contribution in [-0.2, 0) is 4.79 Å². The molecule has 1 aliphatic rings. The van der Waals surface area contributed by atoms with Crippen LogP contribution >= 0.6 is 0 Å². The van der Waals surface area contributed by atoms with Crippen LogP contribution in [-0.4, -0.2) is 25.0 Å². The smallest absolute Gasteiger partial charge is 0.224 e. The van der Waals surface area contributed by atoms with Crippen molar-refractivity contribution in [2.75, 3.05) is 13.1 Å². The molecule has 0 aromatic rings. The normalized spacial score (nSPS) is 27.5. The van der Waals surface area contributed by atoms with Crippen molar-refractivity contribution in [3.05, 3.63) is 0 Å². The van der Waals surface area contributed by atoms with E-state index in [1.807, 2.05) is 0 Å². The summed E-state index contributed by atoms with van der Waals surface area (Å²) in [6, 6.07) is 0.0675. The highest BCUT2D eigenvalue weighted by atomic mass is 16.1. The van der Waals surface area contributed by atoms with E-state index in [2.05, 4.69) is 5.32 Å². The fourth-order valence-corrected chi connectivity index (χ4v) is 1.76. The van der Waals surface area contributed by atoms with Crippen molar-refractivity contribution in [3.8, 4) is 0 Å². The van der Waals surface area contributed by atoms with Gasteiger partial charge in [0.25, 0.3) is 0 Å². The van der Waals surface area contributed by atoms with Gasteiger partial charge in [0.1, 0.15) is 0 Å². The first-order valence-electron chi connectivity index (χ1n) is 4.99. The molecule has 0 heterocycles. The molecule has 0 aromatic carbocycles. The maximum absolute atomic E-state index is 11.5. The molecule has 1 aliphatic carbocycles. The van der Waals surface area contributed by atoms with Crippen LogP contribution in [0.3, 0.4) is 0 Å². The third-order valence-corrected chi connectivity index (χ3v) is 2.59. The second-order valence-corrected chi connectivity index (χ2v) is 3.63.